The Hall–Kier alpha value is -1.01. The van der Waals surface area contributed by atoms with Crippen molar-refractivity contribution < 1.29 is 0 Å². The second-order valence-electron chi connectivity index (χ2n) is 7.78. The van der Waals surface area contributed by atoms with Crippen LogP contribution in [-0.2, 0) is 12.1 Å². The van der Waals surface area contributed by atoms with Crippen molar-refractivity contribution in [2.24, 2.45) is 0 Å². The van der Waals surface area contributed by atoms with Gasteiger partial charge in [0.05, 0.1) is 12.1 Å². The van der Waals surface area contributed by atoms with Gasteiger partial charge in [-0.15, -0.1) is 5.10 Å². The summed E-state index contributed by atoms with van der Waals surface area (Å²) in [6.45, 7) is 12.0. The molecule has 124 valence electrons. The summed E-state index contributed by atoms with van der Waals surface area (Å²) in [7, 11) is 0. The molecule has 0 bridgehead atoms. The molecule has 1 aromatic heterocycles. The van der Waals surface area contributed by atoms with Gasteiger partial charge in [0.15, 0.2) is 5.82 Å². The first kappa shape index (κ1) is 15.9. The van der Waals surface area contributed by atoms with Crippen LogP contribution in [0.25, 0.3) is 0 Å². The average molecular weight is 306 g/mol. The summed E-state index contributed by atoms with van der Waals surface area (Å²) >= 11 is 0. The first-order valence-corrected chi connectivity index (χ1v) is 8.78. The van der Waals surface area contributed by atoms with Crippen molar-refractivity contribution >= 4 is 0 Å². The topological polar surface area (TPSA) is 50.1 Å². The molecule has 6 heteroatoms. The van der Waals surface area contributed by atoms with Gasteiger partial charge < -0.3 is 0 Å². The molecule has 22 heavy (non-hydrogen) atoms. The van der Waals surface area contributed by atoms with E-state index in [0.717, 1.165) is 31.5 Å². The van der Waals surface area contributed by atoms with Gasteiger partial charge >= 0.3 is 0 Å². The lowest BCUT2D eigenvalue weighted by Gasteiger charge is -2.40. The summed E-state index contributed by atoms with van der Waals surface area (Å²) in [5, 5.41) is 12.3. The van der Waals surface area contributed by atoms with E-state index in [0.29, 0.717) is 0 Å². The molecule has 0 aromatic carbocycles. The fourth-order valence-corrected chi connectivity index (χ4v) is 3.76. The Bertz CT molecular complexity index is 463. The maximum atomic E-state index is 4.23. The van der Waals surface area contributed by atoms with Gasteiger partial charge in [0, 0.05) is 32.2 Å². The van der Waals surface area contributed by atoms with Crippen LogP contribution in [0.15, 0.2) is 0 Å². The molecule has 2 fully saturated rings. The second-order valence-corrected chi connectivity index (χ2v) is 7.78. The molecule has 3 rings (SSSR count). The lowest BCUT2D eigenvalue weighted by molar-refractivity contribution is 0.0727. The highest BCUT2D eigenvalue weighted by molar-refractivity contribution is 4.89. The normalized spacial score (nSPS) is 23.0. The fraction of sp³-hybridized carbons (Fsp3) is 0.938. The second kappa shape index (κ2) is 6.62. The third-order valence-electron chi connectivity index (χ3n) is 5.03. The quantitative estimate of drug-likeness (QED) is 0.853. The summed E-state index contributed by atoms with van der Waals surface area (Å²) < 4.78 is 1.96. The summed E-state index contributed by atoms with van der Waals surface area (Å²) in [5.41, 5.74) is -0.0528. The largest absolute Gasteiger partial charge is 0.298 e. The molecule has 1 aliphatic heterocycles. The van der Waals surface area contributed by atoms with Crippen LogP contribution in [0.2, 0.25) is 0 Å². The van der Waals surface area contributed by atoms with Gasteiger partial charge in [-0.05, 0) is 44.0 Å². The van der Waals surface area contributed by atoms with Gasteiger partial charge in [-0.1, -0.05) is 19.3 Å². The van der Waals surface area contributed by atoms with Gasteiger partial charge in [0.25, 0.3) is 0 Å². The third kappa shape index (κ3) is 3.66. The van der Waals surface area contributed by atoms with Crippen molar-refractivity contribution in [1.82, 2.24) is 30.0 Å². The molecule has 1 saturated heterocycles. The average Bonchev–Trinajstić information content (AvgIpc) is 2.97. The van der Waals surface area contributed by atoms with Gasteiger partial charge in [0.1, 0.15) is 0 Å². The maximum absolute atomic E-state index is 4.23. The van der Waals surface area contributed by atoms with Gasteiger partial charge in [-0.3, -0.25) is 9.80 Å². The number of tetrazole rings is 1. The number of piperazine rings is 1. The van der Waals surface area contributed by atoms with Crippen LogP contribution < -0.4 is 0 Å². The van der Waals surface area contributed by atoms with E-state index in [4.69, 9.17) is 0 Å². The minimum Gasteiger partial charge on any atom is -0.298 e. The predicted molar refractivity (Wildman–Crippen MR) is 86.5 cm³/mol. The number of aromatic nitrogens is 4. The van der Waals surface area contributed by atoms with Gasteiger partial charge in [-0.2, -0.15) is 0 Å². The van der Waals surface area contributed by atoms with Crippen LogP contribution in [0.5, 0.6) is 0 Å². The zero-order chi connectivity index (χ0) is 15.6. The molecule has 2 heterocycles. The zero-order valence-corrected chi connectivity index (χ0v) is 14.3. The lowest BCUT2D eigenvalue weighted by Crippen LogP contribution is -2.50. The number of hydrogen-bond donors (Lipinski definition) is 0. The van der Waals surface area contributed by atoms with E-state index in [1.165, 1.54) is 45.2 Å². The van der Waals surface area contributed by atoms with Crippen molar-refractivity contribution in [3.63, 3.8) is 0 Å². The lowest BCUT2D eigenvalue weighted by atomic mass is 9.94. The van der Waals surface area contributed by atoms with Gasteiger partial charge in [-0.25, -0.2) is 4.68 Å². The van der Waals surface area contributed by atoms with Crippen LogP contribution in [0.3, 0.4) is 0 Å². The van der Waals surface area contributed by atoms with E-state index in [1.54, 1.807) is 0 Å². The van der Waals surface area contributed by atoms with Crippen molar-refractivity contribution in [3.05, 3.63) is 5.82 Å². The summed E-state index contributed by atoms with van der Waals surface area (Å²) in [6, 6.07) is 0.843. The van der Waals surface area contributed by atoms with Crippen LogP contribution in [0.1, 0.15) is 58.7 Å². The van der Waals surface area contributed by atoms with Crippen LogP contribution in [0.4, 0.5) is 0 Å². The first-order chi connectivity index (χ1) is 10.5. The Morgan fingerprint density at radius 2 is 1.68 bits per heavy atom. The molecule has 0 atom stereocenters. The van der Waals surface area contributed by atoms with E-state index in [1.807, 2.05) is 4.68 Å². The minimum absolute atomic E-state index is 0.0528. The molecular weight excluding hydrogens is 276 g/mol. The Morgan fingerprint density at radius 1 is 1.00 bits per heavy atom. The number of nitrogens with zero attached hydrogens (tertiary/aromatic N) is 6. The monoisotopic (exact) mass is 306 g/mol. The SMILES string of the molecule is CC(C)(C)n1nnnc1CN1CCN(C2CCCCC2)CC1. The van der Waals surface area contributed by atoms with Gasteiger partial charge in [0.2, 0.25) is 0 Å². The van der Waals surface area contributed by atoms with Crippen molar-refractivity contribution in [1.29, 1.82) is 0 Å². The molecule has 0 spiro atoms. The summed E-state index contributed by atoms with van der Waals surface area (Å²) in [4.78, 5) is 5.20. The number of hydrogen-bond acceptors (Lipinski definition) is 5. The van der Waals surface area contributed by atoms with E-state index in [-0.39, 0.29) is 5.54 Å². The molecule has 0 amide bonds. The molecule has 0 unspecified atom stereocenters. The Balaban J connectivity index is 1.53. The minimum atomic E-state index is -0.0528. The fourth-order valence-electron chi connectivity index (χ4n) is 3.76. The van der Waals surface area contributed by atoms with Crippen LogP contribution in [0, 0.1) is 0 Å². The summed E-state index contributed by atoms with van der Waals surface area (Å²) in [5.74, 6) is 0.985. The van der Waals surface area contributed by atoms with E-state index >= 15 is 0 Å². The van der Waals surface area contributed by atoms with Crippen LogP contribution >= 0.6 is 0 Å². The Morgan fingerprint density at radius 3 is 2.32 bits per heavy atom. The molecule has 6 nitrogen and oxygen atoms in total. The summed E-state index contributed by atoms with van der Waals surface area (Å²) in [6.07, 6.45) is 7.09. The smallest absolute Gasteiger partial charge is 0.165 e. The highest BCUT2D eigenvalue weighted by Gasteiger charge is 2.27. The zero-order valence-electron chi connectivity index (χ0n) is 14.3. The number of rotatable bonds is 3. The predicted octanol–water partition coefficient (Wildman–Crippen LogP) is 1.88. The molecule has 1 aromatic rings. The highest BCUT2D eigenvalue weighted by atomic mass is 15.6. The molecule has 1 saturated carbocycles. The van der Waals surface area contributed by atoms with E-state index in [2.05, 4.69) is 46.1 Å². The van der Waals surface area contributed by atoms with Crippen molar-refractivity contribution in [2.75, 3.05) is 26.2 Å². The molecule has 0 radical (unpaired) electrons. The van der Waals surface area contributed by atoms with Crippen molar-refractivity contribution in [2.45, 2.75) is 71.0 Å². The molecule has 0 N–H and O–H groups in total. The highest BCUT2D eigenvalue weighted by Crippen LogP contribution is 2.24. The Labute approximate surface area is 133 Å². The van der Waals surface area contributed by atoms with E-state index in [9.17, 15) is 0 Å². The van der Waals surface area contributed by atoms with E-state index < -0.39 is 0 Å². The third-order valence-corrected chi connectivity index (χ3v) is 5.03. The standard InChI is InChI=1S/C16H30N6/c1-16(2,3)22-15(17-18-19-22)13-20-9-11-21(12-10-20)14-7-5-4-6-8-14/h14H,4-13H2,1-3H3. The maximum Gasteiger partial charge on any atom is 0.165 e. The Kier molecular flexibility index (Phi) is 4.78. The molecule has 1 aliphatic carbocycles. The van der Waals surface area contributed by atoms with Crippen molar-refractivity contribution in [3.8, 4) is 0 Å². The van der Waals surface area contributed by atoms with Crippen LogP contribution in [-0.4, -0.2) is 62.2 Å². The first-order valence-electron chi connectivity index (χ1n) is 8.78. The molecule has 2 aliphatic rings. The molecular formula is C16H30N6.